The molecule has 0 bridgehead atoms. The number of carbonyl (C=O) groups is 1. The van der Waals surface area contributed by atoms with E-state index in [2.05, 4.69) is 5.32 Å². The second-order valence-corrected chi connectivity index (χ2v) is 5.30. The highest BCUT2D eigenvalue weighted by Gasteiger charge is 2.08. The van der Waals surface area contributed by atoms with Crippen LogP contribution < -0.4 is 11.1 Å². The van der Waals surface area contributed by atoms with Crippen LogP contribution in [0.2, 0.25) is 0 Å². The molecule has 4 nitrogen and oxygen atoms in total. The average molecular weight is 298 g/mol. The molecule has 116 valence electrons. The molecule has 2 aromatic rings. The molecule has 0 aromatic heterocycles. The van der Waals surface area contributed by atoms with Crippen molar-refractivity contribution in [1.82, 2.24) is 0 Å². The normalized spacial score (nSPS) is 11.9. The fourth-order valence-electron chi connectivity index (χ4n) is 2.19. The van der Waals surface area contributed by atoms with E-state index in [1.165, 1.54) is 0 Å². The van der Waals surface area contributed by atoms with Crippen molar-refractivity contribution in [1.29, 1.82) is 0 Å². The number of amides is 1. The first kappa shape index (κ1) is 16.0. The molecule has 0 aliphatic carbocycles. The lowest BCUT2D eigenvalue weighted by molar-refractivity contribution is -0.117. The Morgan fingerprint density at radius 1 is 1.23 bits per heavy atom. The van der Waals surface area contributed by atoms with Gasteiger partial charge in [-0.05, 0) is 43.2 Å². The first-order valence-electron chi connectivity index (χ1n) is 7.39. The molecule has 0 radical (unpaired) electrons. The number of anilines is 2. The third kappa shape index (κ3) is 4.60. The lowest BCUT2D eigenvalue weighted by Gasteiger charge is -2.14. The largest absolute Gasteiger partial charge is 0.399 e. The van der Waals surface area contributed by atoms with E-state index in [-0.39, 0.29) is 12.0 Å². The van der Waals surface area contributed by atoms with E-state index in [0.29, 0.717) is 18.7 Å². The Morgan fingerprint density at radius 2 is 1.95 bits per heavy atom. The third-order valence-electron chi connectivity index (χ3n) is 3.49. The number of nitrogen functional groups attached to an aromatic ring is 1. The molecule has 2 rings (SSSR count). The molecule has 0 aliphatic rings. The molecule has 1 atom stereocenters. The lowest BCUT2D eigenvalue weighted by atomic mass is 10.1. The van der Waals surface area contributed by atoms with E-state index in [9.17, 15) is 4.79 Å². The highest BCUT2D eigenvalue weighted by atomic mass is 16.5. The van der Waals surface area contributed by atoms with E-state index in [0.717, 1.165) is 16.8 Å². The summed E-state index contributed by atoms with van der Waals surface area (Å²) in [7, 11) is 0. The van der Waals surface area contributed by atoms with E-state index < -0.39 is 0 Å². The van der Waals surface area contributed by atoms with Gasteiger partial charge in [0.2, 0.25) is 5.91 Å². The second-order valence-electron chi connectivity index (χ2n) is 5.30. The van der Waals surface area contributed by atoms with Crippen LogP contribution in [0.1, 0.15) is 30.6 Å². The van der Waals surface area contributed by atoms with Crippen LogP contribution in [0.15, 0.2) is 48.5 Å². The summed E-state index contributed by atoms with van der Waals surface area (Å²) in [5.74, 6) is -0.0619. The summed E-state index contributed by atoms with van der Waals surface area (Å²) in [6.07, 6.45) is 0.299. The number of nitrogens with one attached hydrogen (secondary N) is 1. The number of nitrogens with two attached hydrogens (primary N) is 1. The molecule has 0 fully saturated rings. The molecular weight excluding hydrogens is 276 g/mol. The van der Waals surface area contributed by atoms with Gasteiger partial charge < -0.3 is 15.8 Å². The predicted molar refractivity (Wildman–Crippen MR) is 89.6 cm³/mol. The Morgan fingerprint density at radius 3 is 2.64 bits per heavy atom. The van der Waals surface area contributed by atoms with Crippen LogP contribution in [-0.4, -0.2) is 12.5 Å². The van der Waals surface area contributed by atoms with Crippen molar-refractivity contribution in [3.05, 3.63) is 59.7 Å². The van der Waals surface area contributed by atoms with Crippen LogP contribution in [0.3, 0.4) is 0 Å². The van der Waals surface area contributed by atoms with Crippen molar-refractivity contribution in [2.24, 2.45) is 0 Å². The van der Waals surface area contributed by atoms with Gasteiger partial charge in [-0.3, -0.25) is 4.79 Å². The minimum absolute atomic E-state index is 0.0211. The predicted octanol–water partition coefficient (Wildman–Crippen LogP) is 3.68. The Kier molecular flexibility index (Phi) is 5.55. The van der Waals surface area contributed by atoms with E-state index in [1.54, 1.807) is 6.07 Å². The summed E-state index contributed by atoms with van der Waals surface area (Å²) in [6.45, 7) is 4.28. The molecule has 0 aliphatic heterocycles. The fraction of sp³-hybridized carbons (Fsp3) is 0.278. The van der Waals surface area contributed by atoms with E-state index in [1.807, 2.05) is 56.3 Å². The summed E-state index contributed by atoms with van der Waals surface area (Å²) in [5, 5.41) is 2.88. The molecule has 1 unspecified atom stereocenters. The minimum atomic E-state index is -0.0619. The minimum Gasteiger partial charge on any atom is -0.399 e. The number of hydrogen-bond acceptors (Lipinski definition) is 3. The summed E-state index contributed by atoms with van der Waals surface area (Å²) < 4.78 is 5.70. The van der Waals surface area contributed by atoms with Gasteiger partial charge >= 0.3 is 0 Å². The maximum Gasteiger partial charge on any atom is 0.226 e. The van der Waals surface area contributed by atoms with Crippen molar-refractivity contribution >= 4 is 17.3 Å². The zero-order valence-electron chi connectivity index (χ0n) is 13.0. The topological polar surface area (TPSA) is 64.3 Å². The van der Waals surface area contributed by atoms with Gasteiger partial charge in [-0.2, -0.15) is 0 Å². The number of ether oxygens (including phenoxy) is 1. The van der Waals surface area contributed by atoms with Crippen LogP contribution in [0, 0.1) is 6.92 Å². The number of hydrogen-bond donors (Lipinski definition) is 2. The van der Waals surface area contributed by atoms with Gasteiger partial charge in [-0.1, -0.05) is 30.3 Å². The quantitative estimate of drug-likeness (QED) is 0.799. The smallest absolute Gasteiger partial charge is 0.226 e. The second kappa shape index (κ2) is 7.61. The van der Waals surface area contributed by atoms with Crippen LogP contribution in [0.4, 0.5) is 11.4 Å². The zero-order chi connectivity index (χ0) is 15.9. The molecule has 0 saturated carbocycles. The third-order valence-corrected chi connectivity index (χ3v) is 3.49. The van der Waals surface area contributed by atoms with E-state index in [4.69, 9.17) is 10.5 Å². The molecule has 2 aromatic carbocycles. The lowest BCUT2D eigenvalue weighted by Crippen LogP contribution is -2.15. The van der Waals surface area contributed by atoms with E-state index >= 15 is 0 Å². The van der Waals surface area contributed by atoms with Crippen molar-refractivity contribution < 1.29 is 9.53 Å². The Hall–Kier alpha value is -2.33. The standard InChI is InChI=1S/C18H22N2O2/c1-13-12-16(19)8-9-17(13)20-18(21)10-11-22-14(2)15-6-4-3-5-7-15/h3-9,12,14H,10-11,19H2,1-2H3,(H,20,21). The first-order valence-corrected chi connectivity index (χ1v) is 7.39. The molecule has 0 spiro atoms. The van der Waals surface area contributed by atoms with Gasteiger partial charge in [0.05, 0.1) is 19.1 Å². The average Bonchev–Trinajstić information content (AvgIpc) is 2.51. The summed E-state index contributed by atoms with van der Waals surface area (Å²) in [6, 6.07) is 15.4. The zero-order valence-corrected chi connectivity index (χ0v) is 13.0. The highest BCUT2D eigenvalue weighted by Crippen LogP contribution is 2.18. The van der Waals surface area contributed by atoms with Gasteiger partial charge in [0.1, 0.15) is 0 Å². The summed E-state index contributed by atoms with van der Waals surface area (Å²) in [5.41, 5.74) is 9.23. The monoisotopic (exact) mass is 298 g/mol. The van der Waals surface area contributed by atoms with Crippen LogP contribution in [-0.2, 0) is 9.53 Å². The first-order chi connectivity index (χ1) is 10.6. The Balaban J connectivity index is 1.78. The number of rotatable bonds is 6. The van der Waals surface area contributed by atoms with Gasteiger partial charge in [-0.15, -0.1) is 0 Å². The van der Waals surface area contributed by atoms with Gasteiger partial charge in [-0.25, -0.2) is 0 Å². The molecular formula is C18H22N2O2. The van der Waals surface area contributed by atoms with Crippen LogP contribution >= 0.6 is 0 Å². The molecule has 3 N–H and O–H groups in total. The van der Waals surface area contributed by atoms with Crippen LogP contribution in [0.5, 0.6) is 0 Å². The van der Waals surface area contributed by atoms with Crippen LogP contribution in [0.25, 0.3) is 0 Å². The van der Waals surface area contributed by atoms with Gasteiger partial charge in [0, 0.05) is 11.4 Å². The van der Waals surface area contributed by atoms with Gasteiger partial charge in [0.15, 0.2) is 0 Å². The van der Waals surface area contributed by atoms with Gasteiger partial charge in [0.25, 0.3) is 0 Å². The van der Waals surface area contributed by atoms with Crippen molar-refractivity contribution in [2.45, 2.75) is 26.4 Å². The molecule has 22 heavy (non-hydrogen) atoms. The number of benzene rings is 2. The SMILES string of the molecule is Cc1cc(N)ccc1NC(=O)CCOC(C)c1ccccc1. The number of aryl methyl sites for hydroxylation is 1. The summed E-state index contributed by atoms with van der Waals surface area (Å²) >= 11 is 0. The molecule has 4 heteroatoms. The Bertz CT molecular complexity index is 626. The fourth-order valence-corrected chi connectivity index (χ4v) is 2.19. The maximum atomic E-state index is 11.9. The number of carbonyl (C=O) groups excluding carboxylic acids is 1. The summed E-state index contributed by atoms with van der Waals surface area (Å²) in [4.78, 5) is 11.9. The molecule has 0 saturated heterocycles. The maximum absolute atomic E-state index is 11.9. The Labute approximate surface area is 131 Å². The molecule has 1 amide bonds. The molecule has 0 heterocycles. The van der Waals surface area contributed by atoms with Crippen molar-refractivity contribution in [2.75, 3.05) is 17.7 Å². The highest BCUT2D eigenvalue weighted by molar-refractivity contribution is 5.91. The van der Waals surface area contributed by atoms with Crippen molar-refractivity contribution in [3.8, 4) is 0 Å². The van der Waals surface area contributed by atoms with Crippen molar-refractivity contribution in [3.63, 3.8) is 0 Å².